The van der Waals surface area contributed by atoms with Crippen LogP contribution in [-0.4, -0.2) is 10.9 Å². The number of hydrogen-bond acceptors (Lipinski definition) is 4. The highest BCUT2D eigenvalue weighted by Gasteiger charge is 2.08. The second-order valence-corrected chi connectivity index (χ2v) is 4.63. The molecule has 0 fully saturated rings. The monoisotopic (exact) mass is 280 g/mol. The number of benzene rings is 1. The molecule has 21 heavy (non-hydrogen) atoms. The van der Waals surface area contributed by atoms with Crippen LogP contribution in [-0.2, 0) is 0 Å². The molecule has 0 aliphatic carbocycles. The first-order valence-corrected chi connectivity index (χ1v) is 6.40. The Balaban J connectivity index is 1.95. The van der Waals surface area contributed by atoms with Gasteiger partial charge in [0.15, 0.2) is 0 Å². The molecule has 5 heteroatoms. The van der Waals surface area contributed by atoms with Crippen LogP contribution in [0.3, 0.4) is 0 Å². The predicted molar refractivity (Wildman–Crippen MR) is 79.4 cm³/mol. The van der Waals surface area contributed by atoms with E-state index in [-0.39, 0.29) is 5.91 Å². The van der Waals surface area contributed by atoms with Gasteiger partial charge in [0, 0.05) is 29.4 Å². The summed E-state index contributed by atoms with van der Waals surface area (Å²) in [6, 6.07) is 11.7. The van der Waals surface area contributed by atoms with E-state index in [9.17, 15) is 9.59 Å². The molecule has 3 rings (SSSR count). The van der Waals surface area contributed by atoms with Crippen LogP contribution in [0, 0.1) is 6.92 Å². The van der Waals surface area contributed by atoms with E-state index in [0.29, 0.717) is 17.0 Å². The van der Waals surface area contributed by atoms with Gasteiger partial charge >= 0.3 is 5.63 Å². The van der Waals surface area contributed by atoms with Gasteiger partial charge in [-0.25, -0.2) is 4.79 Å². The average molecular weight is 280 g/mol. The van der Waals surface area contributed by atoms with Gasteiger partial charge < -0.3 is 9.73 Å². The molecule has 2 aromatic heterocycles. The Labute approximate surface area is 120 Å². The Morgan fingerprint density at radius 3 is 2.81 bits per heavy atom. The molecule has 2 heterocycles. The summed E-state index contributed by atoms with van der Waals surface area (Å²) in [5, 5.41) is 3.56. The molecule has 0 aliphatic heterocycles. The van der Waals surface area contributed by atoms with Crippen LogP contribution >= 0.6 is 0 Å². The standard InChI is InChI=1S/C16H12N2O3/c1-10-8-15(19)21-14-9-11(5-6-12(10)14)18-16(20)13-4-2-3-7-17-13/h2-9H,1H3,(H,18,20). The van der Waals surface area contributed by atoms with Crippen LogP contribution in [0.4, 0.5) is 5.69 Å². The first kappa shape index (κ1) is 13.1. The van der Waals surface area contributed by atoms with Crippen LogP contribution in [0.1, 0.15) is 16.1 Å². The van der Waals surface area contributed by atoms with Crippen molar-refractivity contribution in [2.45, 2.75) is 6.92 Å². The van der Waals surface area contributed by atoms with Crippen molar-refractivity contribution in [3.8, 4) is 0 Å². The third-order valence-corrected chi connectivity index (χ3v) is 3.11. The van der Waals surface area contributed by atoms with E-state index in [1.165, 1.54) is 6.07 Å². The van der Waals surface area contributed by atoms with Crippen molar-refractivity contribution in [2.24, 2.45) is 0 Å². The number of pyridine rings is 1. The summed E-state index contributed by atoms with van der Waals surface area (Å²) in [6.45, 7) is 1.84. The number of anilines is 1. The number of fused-ring (bicyclic) bond motifs is 1. The van der Waals surface area contributed by atoms with Crippen LogP contribution in [0.2, 0.25) is 0 Å². The van der Waals surface area contributed by atoms with Gasteiger partial charge in [-0.1, -0.05) is 6.07 Å². The Bertz CT molecular complexity index is 870. The minimum absolute atomic E-state index is 0.315. The number of carbonyl (C=O) groups is 1. The molecule has 1 N–H and O–H groups in total. The molecule has 0 atom stereocenters. The van der Waals surface area contributed by atoms with E-state index < -0.39 is 5.63 Å². The van der Waals surface area contributed by atoms with Crippen molar-refractivity contribution in [3.63, 3.8) is 0 Å². The smallest absolute Gasteiger partial charge is 0.336 e. The lowest BCUT2D eigenvalue weighted by atomic mass is 10.1. The van der Waals surface area contributed by atoms with Crippen molar-refractivity contribution in [1.29, 1.82) is 0 Å². The molecular weight excluding hydrogens is 268 g/mol. The molecule has 3 aromatic rings. The first-order valence-electron chi connectivity index (χ1n) is 6.40. The molecule has 104 valence electrons. The van der Waals surface area contributed by atoms with Crippen LogP contribution < -0.4 is 10.9 Å². The first-order chi connectivity index (χ1) is 10.1. The summed E-state index contributed by atoms with van der Waals surface area (Å²) in [5.41, 5.74) is 1.74. The Kier molecular flexibility index (Phi) is 3.23. The zero-order chi connectivity index (χ0) is 14.8. The van der Waals surface area contributed by atoms with Crippen LogP contribution in [0.15, 0.2) is 57.9 Å². The number of carbonyl (C=O) groups excluding carboxylic acids is 1. The number of nitrogens with one attached hydrogen (secondary N) is 1. The normalized spacial score (nSPS) is 10.5. The summed E-state index contributed by atoms with van der Waals surface area (Å²) < 4.78 is 5.15. The second-order valence-electron chi connectivity index (χ2n) is 4.63. The van der Waals surface area contributed by atoms with E-state index in [1.807, 2.05) is 13.0 Å². The maximum Gasteiger partial charge on any atom is 0.336 e. The quantitative estimate of drug-likeness (QED) is 0.733. The van der Waals surface area contributed by atoms with Gasteiger partial charge in [-0.2, -0.15) is 0 Å². The number of nitrogens with zero attached hydrogens (tertiary/aromatic N) is 1. The highest BCUT2D eigenvalue weighted by atomic mass is 16.4. The lowest BCUT2D eigenvalue weighted by Gasteiger charge is -2.06. The third-order valence-electron chi connectivity index (χ3n) is 3.11. The summed E-state index contributed by atoms with van der Waals surface area (Å²) >= 11 is 0. The maximum absolute atomic E-state index is 12.0. The third kappa shape index (κ3) is 2.67. The zero-order valence-corrected chi connectivity index (χ0v) is 11.3. The van der Waals surface area contributed by atoms with Crippen molar-refractivity contribution < 1.29 is 9.21 Å². The molecule has 5 nitrogen and oxygen atoms in total. The molecule has 0 saturated carbocycles. The van der Waals surface area contributed by atoms with E-state index in [1.54, 1.807) is 36.5 Å². The van der Waals surface area contributed by atoms with Gasteiger partial charge in [0.1, 0.15) is 11.3 Å². The van der Waals surface area contributed by atoms with Gasteiger partial charge in [-0.15, -0.1) is 0 Å². The maximum atomic E-state index is 12.0. The lowest BCUT2D eigenvalue weighted by Crippen LogP contribution is -2.13. The average Bonchev–Trinajstić information content (AvgIpc) is 2.47. The van der Waals surface area contributed by atoms with Gasteiger partial charge in [0.05, 0.1) is 0 Å². The van der Waals surface area contributed by atoms with E-state index in [2.05, 4.69) is 10.3 Å². The largest absolute Gasteiger partial charge is 0.423 e. The molecule has 0 radical (unpaired) electrons. The molecular formula is C16H12N2O3. The molecule has 0 aliphatic rings. The minimum Gasteiger partial charge on any atom is -0.423 e. The molecule has 1 aromatic carbocycles. The highest BCUT2D eigenvalue weighted by molar-refractivity contribution is 6.03. The Morgan fingerprint density at radius 2 is 2.05 bits per heavy atom. The predicted octanol–water partition coefficient (Wildman–Crippen LogP) is 2.75. The van der Waals surface area contributed by atoms with Gasteiger partial charge in [-0.3, -0.25) is 9.78 Å². The molecule has 0 saturated heterocycles. The number of rotatable bonds is 2. The topological polar surface area (TPSA) is 72.2 Å². The fraction of sp³-hybridized carbons (Fsp3) is 0.0625. The number of aromatic nitrogens is 1. The summed E-state index contributed by atoms with van der Waals surface area (Å²) in [7, 11) is 0. The van der Waals surface area contributed by atoms with Gasteiger partial charge in [0.2, 0.25) is 0 Å². The second kappa shape index (κ2) is 5.20. The van der Waals surface area contributed by atoms with Gasteiger partial charge in [-0.05, 0) is 36.8 Å². The lowest BCUT2D eigenvalue weighted by molar-refractivity contribution is 0.102. The van der Waals surface area contributed by atoms with Crippen LogP contribution in [0.25, 0.3) is 11.0 Å². The minimum atomic E-state index is -0.409. The fourth-order valence-electron chi connectivity index (χ4n) is 2.09. The van der Waals surface area contributed by atoms with E-state index in [0.717, 1.165) is 10.9 Å². The Hall–Kier alpha value is -2.95. The summed E-state index contributed by atoms with van der Waals surface area (Å²) in [6.07, 6.45) is 1.55. The summed E-state index contributed by atoms with van der Waals surface area (Å²) in [5.74, 6) is -0.315. The van der Waals surface area contributed by atoms with Crippen molar-refractivity contribution in [2.75, 3.05) is 5.32 Å². The molecule has 0 unspecified atom stereocenters. The van der Waals surface area contributed by atoms with E-state index in [4.69, 9.17) is 4.42 Å². The molecule has 0 spiro atoms. The van der Waals surface area contributed by atoms with E-state index >= 15 is 0 Å². The number of aryl methyl sites for hydroxylation is 1. The Morgan fingerprint density at radius 1 is 1.19 bits per heavy atom. The van der Waals surface area contributed by atoms with Crippen molar-refractivity contribution >= 4 is 22.6 Å². The molecule has 1 amide bonds. The number of hydrogen-bond donors (Lipinski definition) is 1. The summed E-state index contributed by atoms with van der Waals surface area (Å²) in [4.78, 5) is 27.4. The number of amides is 1. The van der Waals surface area contributed by atoms with Crippen molar-refractivity contribution in [1.82, 2.24) is 4.98 Å². The molecule has 0 bridgehead atoms. The fourth-order valence-corrected chi connectivity index (χ4v) is 2.09. The zero-order valence-electron chi connectivity index (χ0n) is 11.3. The van der Waals surface area contributed by atoms with Crippen molar-refractivity contribution in [3.05, 3.63) is 70.3 Å². The SMILES string of the molecule is Cc1cc(=O)oc2cc(NC(=O)c3ccccn3)ccc12. The van der Waals surface area contributed by atoms with Crippen LogP contribution in [0.5, 0.6) is 0 Å². The highest BCUT2D eigenvalue weighted by Crippen LogP contribution is 2.21. The van der Waals surface area contributed by atoms with Gasteiger partial charge in [0.25, 0.3) is 5.91 Å².